The minimum Gasteiger partial charge on any atom is -0.497 e. The quantitative estimate of drug-likeness (QED) is 0.251. The number of carbonyl (C=O) groups excluding carboxylic acids is 1. The molecule has 2 aliphatic heterocycles. The Hall–Kier alpha value is -3.50. The maximum Gasteiger partial charge on any atom is 0.268 e. The Morgan fingerprint density at radius 3 is 2.53 bits per heavy atom. The number of hydrogen-bond acceptors (Lipinski definition) is 6. The molecule has 6 rings (SSSR count). The number of carbonyl (C=O) groups is 1. The summed E-state index contributed by atoms with van der Waals surface area (Å²) in [6.45, 7) is 7.51. The third-order valence-corrected chi connectivity index (χ3v) is 13.9. The van der Waals surface area contributed by atoms with Gasteiger partial charge < -0.3 is 14.6 Å². The molecule has 1 saturated heterocycles. The monoisotopic (exact) mass is 616 g/mol. The molecular formula is C33H37ClN4O4Si. The molecule has 1 N–H and O–H groups in total. The van der Waals surface area contributed by atoms with Gasteiger partial charge in [-0.2, -0.15) is 0 Å². The Morgan fingerprint density at radius 1 is 1.09 bits per heavy atom. The van der Waals surface area contributed by atoms with Crippen LogP contribution in [0.2, 0.25) is 23.7 Å². The van der Waals surface area contributed by atoms with Gasteiger partial charge in [0.05, 0.1) is 32.7 Å². The predicted molar refractivity (Wildman–Crippen MR) is 170 cm³/mol. The predicted octanol–water partition coefficient (Wildman–Crippen LogP) is 5.46. The Labute approximate surface area is 258 Å². The van der Waals surface area contributed by atoms with Crippen molar-refractivity contribution in [1.29, 1.82) is 0 Å². The van der Waals surface area contributed by atoms with E-state index in [1.807, 2.05) is 66.9 Å². The zero-order valence-electron chi connectivity index (χ0n) is 24.9. The molecule has 2 aliphatic rings. The van der Waals surface area contributed by atoms with Gasteiger partial charge in [-0.1, -0.05) is 72.4 Å². The molecule has 224 valence electrons. The summed E-state index contributed by atoms with van der Waals surface area (Å²) in [6, 6.07) is 23.8. The second-order valence-corrected chi connectivity index (χ2v) is 17.2. The van der Waals surface area contributed by atoms with Crippen LogP contribution in [-0.4, -0.2) is 53.9 Å². The average Bonchev–Trinajstić information content (AvgIpc) is 3.66. The van der Waals surface area contributed by atoms with E-state index in [4.69, 9.17) is 21.1 Å². The van der Waals surface area contributed by atoms with E-state index in [0.717, 1.165) is 28.4 Å². The van der Waals surface area contributed by atoms with Crippen molar-refractivity contribution in [2.75, 3.05) is 18.6 Å². The van der Waals surface area contributed by atoms with E-state index in [2.05, 4.69) is 42.5 Å². The van der Waals surface area contributed by atoms with Gasteiger partial charge >= 0.3 is 0 Å². The molecular weight excluding hydrogens is 580 g/mol. The molecule has 1 spiro atoms. The van der Waals surface area contributed by atoms with Crippen molar-refractivity contribution in [3.8, 4) is 5.75 Å². The minimum absolute atomic E-state index is 0.0240. The molecule has 43 heavy (non-hydrogen) atoms. The highest BCUT2D eigenvalue weighted by Gasteiger charge is 2.66. The van der Waals surface area contributed by atoms with Crippen molar-refractivity contribution in [2.45, 2.75) is 56.7 Å². The number of benzene rings is 3. The normalized spacial score (nSPS) is 23.3. The van der Waals surface area contributed by atoms with E-state index in [-0.39, 0.29) is 30.1 Å². The summed E-state index contributed by atoms with van der Waals surface area (Å²) in [5.41, 5.74) is 2.08. The first kappa shape index (κ1) is 29.6. The molecule has 0 unspecified atom stereocenters. The lowest BCUT2D eigenvalue weighted by Gasteiger charge is -2.37. The Balaban J connectivity index is 1.44. The largest absolute Gasteiger partial charge is 0.497 e. The van der Waals surface area contributed by atoms with Crippen LogP contribution >= 0.6 is 11.6 Å². The minimum atomic E-state index is -2.28. The van der Waals surface area contributed by atoms with Crippen LogP contribution in [0.25, 0.3) is 0 Å². The van der Waals surface area contributed by atoms with Crippen LogP contribution < -0.4 is 14.8 Å². The number of fused-ring (bicyclic) bond motifs is 2. The first-order chi connectivity index (χ1) is 20.7. The van der Waals surface area contributed by atoms with E-state index in [1.54, 1.807) is 16.7 Å². The number of amides is 1. The zero-order chi connectivity index (χ0) is 30.4. The van der Waals surface area contributed by atoms with Gasteiger partial charge in [0.15, 0.2) is 5.60 Å². The molecule has 0 aliphatic carbocycles. The van der Waals surface area contributed by atoms with Crippen LogP contribution in [0.15, 0.2) is 79.0 Å². The number of aromatic nitrogens is 3. The summed E-state index contributed by atoms with van der Waals surface area (Å²) in [4.78, 5) is 16.6. The van der Waals surface area contributed by atoms with Crippen molar-refractivity contribution in [3.05, 3.63) is 95.3 Å². The van der Waals surface area contributed by atoms with Crippen LogP contribution in [0.3, 0.4) is 0 Å². The highest BCUT2D eigenvalue weighted by atomic mass is 35.5. The number of halogens is 1. The van der Waals surface area contributed by atoms with Gasteiger partial charge in [-0.3, -0.25) is 14.4 Å². The van der Waals surface area contributed by atoms with Gasteiger partial charge in [0, 0.05) is 48.0 Å². The first-order valence-corrected chi connectivity index (χ1v) is 18.2. The van der Waals surface area contributed by atoms with Crippen LogP contribution in [-0.2, 0) is 28.1 Å². The van der Waals surface area contributed by atoms with Gasteiger partial charge in [-0.05, 0) is 54.4 Å². The van der Waals surface area contributed by atoms with E-state index in [0.29, 0.717) is 24.4 Å². The highest BCUT2D eigenvalue weighted by Crippen LogP contribution is 2.61. The van der Waals surface area contributed by atoms with E-state index in [1.165, 1.54) is 5.19 Å². The van der Waals surface area contributed by atoms with E-state index in [9.17, 15) is 9.90 Å². The number of anilines is 2. The van der Waals surface area contributed by atoms with Gasteiger partial charge in [0.1, 0.15) is 5.75 Å². The summed E-state index contributed by atoms with van der Waals surface area (Å²) >= 11 is 6.61. The summed E-state index contributed by atoms with van der Waals surface area (Å²) in [5.74, 6) is 0.595. The van der Waals surface area contributed by atoms with Crippen molar-refractivity contribution in [2.24, 2.45) is 5.92 Å². The fourth-order valence-corrected chi connectivity index (χ4v) is 11.5. The Bertz CT molecular complexity index is 1610. The molecule has 4 aromatic rings. The molecule has 0 bridgehead atoms. The molecule has 0 saturated carbocycles. The molecule has 1 fully saturated rings. The highest BCUT2D eigenvalue weighted by molar-refractivity contribution is 6.91. The fourth-order valence-electron chi connectivity index (χ4n) is 7.25. The number of ether oxygens (including phenoxy) is 2. The van der Waals surface area contributed by atoms with Crippen LogP contribution in [0.4, 0.5) is 11.4 Å². The second kappa shape index (κ2) is 11.5. The summed E-state index contributed by atoms with van der Waals surface area (Å²) < 4.78 is 14.4. The maximum atomic E-state index is 14.8. The van der Waals surface area contributed by atoms with Crippen molar-refractivity contribution in [1.82, 2.24) is 15.0 Å². The van der Waals surface area contributed by atoms with Crippen molar-refractivity contribution in [3.63, 3.8) is 0 Å². The number of rotatable bonds is 9. The zero-order valence-corrected chi connectivity index (χ0v) is 26.7. The van der Waals surface area contributed by atoms with Crippen LogP contribution in [0.1, 0.15) is 24.6 Å². The lowest BCUT2D eigenvalue weighted by Crippen LogP contribution is -2.51. The number of aryl methyl sites for hydroxylation is 1. The third-order valence-electron chi connectivity index (χ3n) is 9.32. The SMILES string of the molecule is COc1ccc([Si](C)(C)[C@H]2[C@H](CCn3cc(CCO)nn3)O[C@@]3(C(=O)N(c4ccccc4)c4ccc(Cl)cc43)[C@@H]2C)cc1. The van der Waals surface area contributed by atoms with Gasteiger partial charge in [0.25, 0.3) is 5.91 Å². The smallest absolute Gasteiger partial charge is 0.268 e. The van der Waals surface area contributed by atoms with Crippen LogP contribution in [0.5, 0.6) is 5.75 Å². The van der Waals surface area contributed by atoms with Gasteiger partial charge in [0.2, 0.25) is 0 Å². The molecule has 1 amide bonds. The number of methoxy groups -OCH3 is 1. The number of hydrogen-bond donors (Lipinski definition) is 1. The standard InChI is InChI=1S/C33H37ClN4O4Si/c1-22-31(43(3,4)27-13-11-26(41-2)12-14-27)30(16-18-37-21-24(17-19-39)35-36-37)42-33(22)28-20-23(34)10-15-29(28)38(32(33)40)25-8-6-5-7-9-25/h5-15,20-22,30-31,39H,16-19H2,1-4H3/t22-,30+,31-,33+/m1/s1. The van der Waals surface area contributed by atoms with Gasteiger partial charge in [-0.25, -0.2) is 0 Å². The Kier molecular flexibility index (Phi) is 7.93. The maximum absolute atomic E-state index is 14.8. The lowest BCUT2D eigenvalue weighted by molar-refractivity contribution is -0.145. The molecule has 10 heteroatoms. The summed E-state index contributed by atoms with van der Waals surface area (Å²) in [6.07, 6.45) is 2.76. The summed E-state index contributed by atoms with van der Waals surface area (Å²) in [5, 5.41) is 19.7. The van der Waals surface area contributed by atoms with Gasteiger partial charge in [-0.15, -0.1) is 5.10 Å². The van der Waals surface area contributed by atoms with E-state index >= 15 is 0 Å². The number of aliphatic hydroxyl groups excluding tert-OH is 1. The number of aliphatic hydroxyl groups is 1. The van der Waals surface area contributed by atoms with Crippen molar-refractivity contribution < 1.29 is 19.4 Å². The first-order valence-electron chi connectivity index (χ1n) is 14.7. The van der Waals surface area contributed by atoms with Crippen LogP contribution in [0, 0.1) is 5.92 Å². The molecule has 0 radical (unpaired) electrons. The summed E-state index contributed by atoms with van der Waals surface area (Å²) in [7, 11) is -0.602. The van der Waals surface area contributed by atoms with E-state index < -0.39 is 13.7 Å². The fraction of sp³-hybridized carbons (Fsp3) is 0.364. The molecule has 3 heterocycles. The molecule has 1 aromatic heterocycles. The molecule has 3 aromatic carbocycles. The second-order valence-electron chi connectivity index (χ2n) is 12.0. The average molecular weight is 617 g/mol. The lowest BCUT2D eigenvalue weighted by atomic mass is 9.82. The Morgan fingerprint density at radius 2 is 1.84 bits per heavy atom. The topological polar surface area (TPSA) is 89.7 Å². The molecule has 4 atom stereocenters. The third kappa shape index (κ3) is 4.98. The molecule has 8 nitrogen and oxygen atoms in total. The van der Waals surface area contributed by atoms with Crippen molar-refractivity contribution >= 4 is 42.1 Å². The number of para-hydroxylation sites is 1. The number of nitrogens with zero attached hydrogens (tertiary/aromatic N) is 4.